The largest absolute Gasteiger partial charge is 0.485 e. The lowest BCUT2D eigenvalue weighted by Crippen LogP contribution is -2.26. The lowest BCUT2D eigenvalue weighted by molar-refractivity contribution is 0.278. The summed E-state index contributed by atoms with van der Waals surface area (Å²) in [6, 6.07) is 4.14. The summed E-state index contributed by atoms with van der Waals surface area (Å²) in [6.45, 7) is -0.242. The smallest absolute Gasteiger partial charge is 0.190 e. The lowest BCUT2D eigenvalue weighted by atomic mass is 10.3. The van der Waals surface area contributed by atoms with Gasteiger partial charge in [-0.3, -0.25) is 0 Å². The van der Waals surface area contributed by atoms with Gasteiger partial charge in [0.15, 0.2) is 17.4 Å². The van der Waals surface area contributed by atoms with Crippen LogP contribution < -0.4 is 10.5 Å². The van der Waals surface area contributed by atoms with Crippen LogP contribution in [-0.2, 0) is 0 Å². The van der Waals surface area contributed by atoms with Crippen molar-refractivity contribution in [3.8, 4) is 11.8 Å². The second-order valence-electron chi connectivity index (χ2n) is 2.60. The molecule has 2 N–H and O–H groups in total. The molecule has 1 unspecified atom stereocenters. The number of nitrogens with two attached hydrogens (primary N) is 1. The van der Waals surface area contributed by atoms with Crippen molar-refractivity contribution in [2.24, 2.45) is 5.73 Å². The molecule has 74 valence electrons. The summed E-state index contributed by atoms with van der Waals surface area (Å²) in [6.07, 6.45) is 0. The summed E-state index contributed by atoms with van der Waals surface area (Å²) in [7, 11) is 0. The monoisotopic (exact) mass is 198 g/mol. The molecule has 0 amide bonds. The van der Waals surface area contributed by atoms with Crippen LogP contribution in [-0.4, -0.2) is 12.6 Å². The second kappa shape index (κ2) is 4.53. The van der Waals surface area contributed by atoms with Crippen LogP contribution in [0.1, 0.15) is 0 Å². The van der Waals surface area contributed by atoms with E-state index in [1.807, 2.05) is 0 Å². The normalized spacial score (nSPS) is 11.9. The lowest BCUT2D eigenvalue weighted by Gasteiger charge is -2.08. The van der Waals surface area contributed by atoms with Crippen molar-refractivity contribution in [2.75, 3.05) is 6.61 Å². The van der Waals surface area contributed by atoms with Crippen molar-refractivity contribution in [1.29, 1.82) is 5.26 Å². The quantitative estimate of drug-likeness (QED) is 0.793. The first-order valence-corrected chi connectivity index (χ1v) is 3.87. The highest BCUT2D eigenvalue weighted by molar-refractivity contribution is 5.26. The fourth-order valence-electron chi connectivity index (χ4n) is 0.831. The third-order valence-electron chi connectivity index (χ3n) is 1.49. The minimum atomic E-state index is -0.894. The van der Waals surface area contributed by atoms with Gasteiger partial charge in [0.05, 0.1) is 6.07 Å². The van der Waals surface area contributed by atoms with E-state index in [1.54, 1.807) is 6.07 Å². The van der Waals surface area contributed by atoms with Crippen LogP contribution in [0.25, 0.3) is 0 Å². The molecule has 0 aliphatic rings. The summed E-state index contributed by atoms with van der Waals surface area (Å²) in [5, 5.41) is 8.31. The fourth-order valence-corrected chi connectivity index (χ4v) is 0.831. The SMILES string of the molecule is N#CC(N)COc1c(F)cccc1F. The zero-order valence-corrected chi connectivity index (χ0v) is 7.21. The highest BCUT2D eigenvalue weighted by atomic mass is 19.1. The maximum absolute atomic E-state index is 12.9. The zero-order valence-electron chi connectivity index (χ0n) is 7.21. The van der Waals surface area contributed by atoms with E-state index in [1.165, 1.54) is 6.07 Å². The van der Waals surface area contributed by atoms with E-state index in [4.69, 9.17) is 15.7 Å². The number of hydrogen-bond donors (Lipinski definition) is 1. The Kier molecular flexibility index (Phi) is 3.37. The van der Waals surface area contributed by atoms with E-state index in [0.717, 1.165) is 12.1 Å². The summed E-state index contributed by atoms with van der Waals surface area (Å²) >= 11 is 0. The molecule has 1 rings (SSSR count). The van der Waals surface area contributed by atoms with Crippen molar-refractivity contribution >= 4 is 0 Å². The third-order valence-corrected chi connectivity index (χ3v) is 1.49. The Morgan fingerprint density at radius 1 is 1.43 bits per heavy atom. The molecule has 0 saturated carbocycles. The van der Waals surface area contributed by atoms with E-state index < -0.39 is 23.4 Å². The molecule has 0 aliphatic heterocycles. The number of halogens is 2. The Labute approximate surface area is 79.7 Å². The Balaban J connectivity index is 2.72. The molecule has 5 heteroatoms. The molecule has 0 aliphatic carbocycles. The van der Waals surface area contributed by atoms with Gasteiger partial charge in [-0.05, 0) is 12.1 Å². The molecule has 0 heterocycles. The van der Waals surface area contributed by atoms with Gasteiger partial charge < -0.3 is 10.5 Å². The summed E-state index contributed by atoms with van der Waals surface area (Å²) in [5.41, 5.74) is 5.19. The van der Waals surface area contributed by atoms with Crippen LogP contribution in [0.15, 0.2) is 18.2 Å². The van der Waals surface area contributed by atoms with Crippen molar-refractivity contribution < 1.29 is 13.5 Å². The molecule has 0 radical (unpaired) electrons. The van der Waals surface area contributed by atoms with Gasteiger partial charge in [0.2, 0.25) is 0 Å². The van der Waals surface area contributed by atoms with E-state index >= 15 is 0 Å². The second-order valence-corrected chi connectivity index (χ2v) is 2.60. The van der Waals surface area contributed by atoms with Gasteiger partial charge in [-0.2, -0.15) is 5.26 Å². The maximum Gasteiger partial charge on any atom is 0.190 e. The Bertz CT molecular complexity index is 342. The molecule has 14 heavy (non-hydrogen) atoms. The van der Waals surface area contributed by atoms with Gasteiger partial charge in [-0.1, -0.05) is 6.07 Å². The van der Waals surface area contributed by atoms with Crippen molar-refractivity contribution in [2.45, 2.75) is 6.04 Å². The van der Waals surface area contributed by atoms with Gasteiger partial charge >= 0.3 is 0 Å². The van der Waals surface area contributed by atoms with Gasteiger partial charge in [-0.25, -0.2) is 8.78 Å². The first-order valence-electron chi connectivity index (χ1n) is 3.87. The van der Waals surface area contributed by atoms with Gasteiger partial charge in [0.25, 0.3) is 0 Å². The topological polar surface area (TPSA) is 59.0 Å². The molecule has 0 spiro atoms. The summed E-state index contributed by atoms with van der Waals surface area (Å²) in [5.74, 6) is -2.12. The van der Waals surface area contributed by atoms with Crippen LogP contribution >= 0.6 is 0 Å². The highest BCUT2D eigenvalue weighted by Crippen LogP contribution is 2.20. The number of rotatable bonds is 3. The molecule has 1 atom stereocenters. The fraction of sp³-hybridized carbons (Fsp3) is 0.222. The average molecular weight is 198 g/mol. The predicted molar refractivity (Wildman–Crippen MR) is 45.4 cm³/mol. The van der Waals surface area contributed by atoms with E-state index in [9.17, 15) is 8.78 Å². The molecule has 0 fully saturated rings. The number of ether oxygens (including phenoxy) is 1. The number of para-hydroxylation sites is 1. The highest BCUT2D eigenvalue weighted by Gasteiger charge is 2.10. The molecule has 3 nitrogen and oxygen atoms in total. The zero-order chi connectivity index (χ0) is 10.6. The van der Waals surface area contributed by atoms with Gasteiger partial charge in [-0.15, -0.1) is 0 Å². The number of hydrogen-bond acceptors (Lipinski definition) is 3. The molecule has 1 aromatic rings. The molecular weight excluding hydrogens is 190 g/mol. The maximum atomic E-state index is 12.9. The van der Waals surface area contributed by atoms with Crippen LogP contribution in [0, 0.1) is 23.0 Å². The van der Waals surface area contributed by atoms with E-state index in [-0.39, 0.29) is 6.61 Å². The number of nitrogens with zero attached hydrogens (tertiary/aromatic N) is 1. The van der Waals surface area contributed by atoms with E-state index in [0.29, 0.717) is 0 Å². The van der Waals surface area contributed by atoms with Crippen LogP contribution in [0.5, 0.6) is 5.75 Å². The van der Waals surface area contributed by atoms with Crippen molar-refractivity contribution in [3.05, 3.63) is 29.8 Å². The average Bonchev–Trinajstić information content (AvgIpc) is 2.16. The Hall–Kier alpha value is -1.67. The predicted octanol–water partition coefficient (Wildman–Crippen LogP) is 1.19. The molecule has 0 bridgehead atoms. The minimum absolute atomic E-state index is 0.242. The number of benzene rings is 1. The molecule has 1 aromatic carbocycles. The van der Waals surface area contributed by atoms with Crippen LogP contribution in [0.3, 0.4) is 0 Å². The van der Waals surface area contributed by atoms with Crippen molar-refractivity contribution in [3.63, 3.8) is 0 Å². The van der Waals surface area contributed by atoms with Gasteiger partial charge in [0.1, 0.15) is 12.6 Å². The Morgan fingerprint density at radius 3 is 2.50 bits per heavy atom. The Morgan fingerprint density at radius 2 is 2.00 bits per heavy atom. The first kappa shape index (κ1) is 10.4. The van der Waals surface area contributed by atoms with Crippen LogP contribution in [0.2, 0.25) is 0 Å². The van der Waals surface area contributed by atoms with Gasteiger partial charge in [0, 0.05) is 0 Å². The summed E-state index contributed by atoms with van der Waals surface area (Å²) in [4.78, 5) is 0. The molecule has 0 aromatic heterocycles. The van der Waals surface area contributed by atoms with Crippen LogP contribution in [0.4, 0.5) is 8.78 Å². The van der Waals surface area contributed by atoms with Crippen molar-refractivity contribution in [1.82, 2.24) is 0 Å². The molecular formula is C9H8F2N2O. The van der Waals surface area contributed by atoms with E-state index in [2.05, 4.69) is 0 Å². The minimum Gasteiger partial charge on any atom is -0.485 e. The number of nitriles is 1. The third kappa shape index (κ3) is 2.41. The standard InChI is InChI=1S/C9H8F2N2O/c10-7-2-1-3-8(11)9(7)14-5-6(13)4-12/h1-3,6H,5,13H2. The summed E-state index contributed by atoms with van der Waals surface area (Å²) < 4.78 is 30.6. The first-order chi connectivity index (χ1) is 6.65. The molecule has 0 saturated heterocycles.